The minimum atomic E-state index is 0.204. The van der Waals surface area contributed by atoms with Crippen molar-refractivity contribution in [1.29, 1.82) is 0 Å². The largest absolute Gasteiger partial charge is 0.380 e. The molecule has 1 aliphatic heterocycles. The summed E-state index contributed by atoms with van der Waals surface area (Å²) in [6.07, 6.45) is 1.52. The van der Waals surface area contributed by atoms with Crippen molar-refractivity contribution in [2.24, 2.45) is 5.73 Å². The van der Waals surface area contributed by atoms with Crippen LogP contribution in [-0.4, -0.2) is 37.9 Å². The second-order valence-electron chi connectivity index (χ2n) is 2.60. The van der Waals surface area contributed by atoms with E-state index in [2.05, 4.69) is 4.90 Å². The maximum absolute atomic E-state index is 5.69. The van der Waals surface area contributed by atoms with Crippen LogP contribution in [0, 0.1) is 0 Å². The van der Waals surface area contributed by atoms with Crippen LogP contribution in [0.1, 0.15) is 6.42 Å². The number of likely N-dealkylation sites (N-methyl/N-ethyl adjacent to an activating group) is 1. The van der Waals surface area contributed by atoms with Crippen molar-refractivity contribution in [2.45, 2.75) is 18.7 Å². The summed E-state index contributed by atoms with van der Waals surface area (Å²) in [5, 5.41) is 0. The summed E-state index contributed by atoms with van der Waals surface area (Å²) < 4.78 is 5.13. The standard InChI is InChI=1S/C6H14N2O/c1-8-4-5(9-2)3-6(8)7/h5-6H,3-4,7H2,1-2H3/t5-,6?/m1/s1. The fourth-order valence-corrected chi connectivity index (χ4v) is 1.15. The Kier molecular flexibility index (Phi) is 2.05. The first-order chi connectivity index (χ1) is 4.24. The Morgan fingerprint density at radius 2 is 2.33 bits per heavy atom. The van der Waals surface area contributed by atoms with E-state index in [1.54, 1.807) is 7.11 Å². The molecule has 0 radical (unpaired) electrons. The highest BCUT2D eigenvalue weighted by Crippen LogP contribution is 2.12. The molecule has 0 aromatic carbocycles. The van der Waals surface area contributed by atoms with Crippen molar-refractivity contribution in [3.63, 3.8) is 0 Å². The summed E-state index contributed by atoms with van der Waals surface area (Å²) in [7, 11) is 3.75. The van der Waals surface area contributed by atoms with Crippen LogP contribution in [0.25, 0.3) is 0 Å². The smallest absolute Gasteiger partial charge is 0.0726 e. The Labute approximate surface area is 55.8 Å². The van der Waals surface area contributed by atoms with Gasteiger partial charge in [0, 0.05) is 20.1 Å². The Balaban J connectivity index is 2.35. The molecule has 0 saturated carbocycles. The quantitative estimate of drug-likeness (QED) is 0.526. The third kappa shape index (κ3) is 1.41. The van der Waals surface area contributed by atoms with Gasteiger partial charge < -0.3 is 10.5 Å². The first-order valence-electron chi connectivity index (χ1n) is 3.22. The van der Waals surface area contributed by atoms with Crippen LogP contribution < -0.4 is 5.73 Å². The average Bonchev–Trinajstić information content (AvgIpc) is 2.13. The number of likely N-dealkylation sites (tertiary alicyclic amines) is 1. The molecule has 0 aromatic rings. The van der Waals surface area contributed by atoms with Gasteiger partial charge in [-0.15, -0.1) is 0 Å². The number of nitrogens with two attached hydrogens (primary N) is 1. The summed E-state index contributed by atoms with van der Waals surface area (Å²) in [6, 6.07) is 0. The molecule has 1 unspecified atom stereocenters. The lowest BCUT2D eigenvalue weighted by Crippen LogP contribution is -2.32. The van der Waals surface area contributed by atoms with Gasteiger partial charge in [-0.2, -0.15) is 0 Å². The topological polar surface area (TPSA) is 38.5 Å². The molecule has 1 rings (SSSR count). The SMILES string of the molecule is CO[C@@H]1CC(N)N(C)C1. The van der Waals surface area contributed by atoms with Gasteiger partial charge in [-0.05, 0) is 7.05 Å². The molecule has 0 bridgehead atoms. The van der Waals surface area contributed by atoms with Gasteiger partial charge in [0.2, 0.25) is 0 Å². The van der Waals surface area contributed by atoms with Gasteiger partial charge in [0.25, 0.3) is 0 Å². The van der Waals surface area contributed by atoms with Crippen LogP contribution >= 0.6 is 0 Å². The number of methoxy groups -OCH3 is 1. The van der Waals surface area contributed by atoms with E-state index in [1.165, 1.54) is 0 Å². The maximum atomic E-state index is 5.69. The van der Waals surface area contributed by atoms with Crippen molar-refractivity contribution in [3.05, 3.63) is 0 Å². The monoisotopic (exact) mass is 130 g/mol. The third-order valence-electron chi connectivity index (χ3n) is 1.90. The van der Waals surface area contributed by atoms with Gasteiger partial charge >= 0.3 is 0 Å². The summed E-state index contributed by atoms with van der Waals surface area (Å²) in [4.78, 5) is 2.11. The molecule has 0 spiro atoms. The van der Waals surface area contributed by atoms with Crippen molar-refractivity contribution in [2.75, 3.05) is 20.7 Å². The van der Waals surface area contributed by atoms with Crippen LogP contribution in [0.4, 0.5) is 0 Å². The molecule has 1 saturated heterocycles. The number of ether oxygens (including phenoxy) is 1. The number of hydrogen-bond donors (Lipinski definition) is 1. The molecule has 2 atom stereocenters. The fourth-order valence-electron chi connectivity index (χ4n) is 1.15. The summed E-state index contributed by atoms with van der Waals surface area (Å²) in [6.45, 7) is 0.970. The molecule has 0 aliphatic carbocycles. The van der Waals surface area contributed by atoms with Gasteiger partial charge in [-0.1, -0.05) is 0 Å². The number of hydrogen-bond acceptors (Lipinski definition) is 3. The zero-order valence-corrected chi connectivity index (χ0v) is 6.00. The molecule has 1 aliphatic rings. The lowest BCUT2D eigenvalue weighted by Gasteiger charge is -2.11. The molecule has 1 fully saturated rings. The van der Waals surface area contributed by atoms with E-state index in [4.69, 9.17) is 10.5 Å². The lowest BCUT2D eigenvalue weighted by molar-refractivity contribution is 0.111. The lowest BCUT2D eigenvalue weighted by atomic mass is 10.3. The molecular formula is C6H14N2O. The normalized spacial score (nSPS) is 37.7. The van der Waals surface area contributed by atoms with Crippen LogP contribution in [0.5, 0.6) is 0 Å². The maximum Gasteiger partial charge on any atom is 0.0726 e. The third-order valence-corrected chi connectivity index (χ3v) is 1.90. The Morgan fingerprint density at radius 1 is 1.67 bits per heavy atom. The van der Waals surface area contributed by atoms with E-state index in [9.17, 15) is 0 Å². The highest BCUT2D eigenvalue weighted by Gasteiger charge is 2.25. The average molecular weight is 130 g/mol. The van der Waals surface area contributed by atoms with E-state index in [0.717, 1.165) is 13.0 Å². The first kappa shape index (κ1) is 6.99. The molecule has 2 N–H and O–H groups in total. The summed E-state index contributed by atoms with van der Waals surface area (Å²) in [5.74, 6) is 0. The van der Waals surface area contributed by atoms with Gasteiger partial charge in [0.05, 0.1) is 12.3 Å². The molecule has 0 aromatic heterocycles. The second-order valence-corrected chi connectivity index (χ2v) is 2.60. The summed E-state index contributed by atoms with van der Waals surface area (Å²) >= 11 is 0. The van der Waals surface area contributed by atoms with E-state index in [-0.39, 0.29) is 6.17 Å². The number of nitrogens with zero attached hydrogens (tertiary/aromatic N) is 1. The molecule has 1 heterocycles. The molecule has 0 amide bonds. The van der Waals surface area contributed by atoms with E-state index >= 15 is 0 Å². The van der Waals surface area contributed by atoms with Crippen LogP contribution in [-0.2, 0) is 4.74 Å². The van der Waals surface area contributed by atoms with Crippen molar-refractivity contribution in [3.8, 4) is 0 Å². The summed E-state index contributed by atoms with van der Waals surface area (Å²) in [5.41, 5.74) is 5.69. The molecule has 54 valence electrons. The molecule has 3 heteroatoms. The zero-order valence-electron chi connectivity index (χ0n) is 6.00. The van der Waals surface area contributed by atoms with Crippen LogP contribution in [0.15, 0.2) is 0 Å². The molecule has 3 nitrogen and oxygen atoms in total. The second kappa shape index (κ2) is 2.64. The van der Waals surface area contributed by atoms with E-state index < -0.39 is 0 Å². The Bertz CT molecular complexity index is 87.1. The zero-order chi connectivity index (χ0) is 6.85. The minimum Gasteiger partial charge on any atom is -0.380 e. The van der Waals surface area contributed by atoms with Gasteiger partial charge in [0.15, 0.2) is 0 Å². The highest BCUT2D eigenvalue weighted by atomic mass is 16.5. The van der Waals surface area contributed by atoms with Gasteiger partial charge in [0.1, 0.15) is 0 Å². The highest BCUT2D eigenvalue weighted by molar-refractivity contribution is 4.78. The Morgan fingerprint density at radius 3 is 2.56 bits per heavy atom. The van der Waals surface area contributed by atoms with Crippen LogP contribution in [0.2, 0.25) is 0 Å². The fraction of sp³-hybridized carbons (Fsp3) is 1.00. The number of rotatable bonds is 1. The van der Waals surface area contributed by atoms with E-state index in [1.807, 2.05) is 7.05 Å². The van der Waals surface area contributed by atoms with Gasteiger partial charge in [-0.3, -0.25) is 4.90 Å². The van der Waals surface area contributed by atoms with Crippen LogP contribution in [0.3, 0.4) is 0 Å². The molecule has 9 heavy (non-hydrogen) atoms. The predicted molar refractivity (Wildman–Crippen MR) is 36.0 cm³/mol. The minimum absolute atomic E-state index is 0.204. The molecular weight excluding hydrogens is 116 g/mol. The van der Waals surface area contributed by atoms with Crippen molar-refractivity contribution >= 4 is 0 Å². The van der Waals surface area contributed by atoms with Gasteiger partial charge in [-0.25, -0.2) is 0 Å². The Hall–Kier alpha value is -0.120. The van der Waals surface area contributed by atoms with Crippen molar-refractivity contribution < 1.29 is 4.74 Å². The first-order valence-corrected chi connectivity index (χ1v) is 3.22. The predicted octanol–water partition coefficient (Wildman–Crippen LogP) is -0.378. The van der Waals surface area contributed by atoms with E-state index in [0.29, 0.717) is 6.10 Å². The van der Waals surface area contributed by atoms with Crippen molar-refractivity contribution in [1.82, 2.24) is 4.90 Å².